The van der Waals surface area contributed by atoms with Crippen molar-refractivity contribution in [2.75, 3.05) is 6.61 Å². The van der Waals surface area contributed by atoms with Gasteiger partial charge in [-0.1, -0.05) is 26.7 Å². The summed E-state index contributed by atoms with van der Waals surface area (Å²) in [6.07, 6.45) is 8.95. The van der Waals surface area contributed by atoms with Crippen molar-refractivity contribution in [1.29, 1.82) is 0 Å². The fourth-order valence-corrected chi connectivity index (χ4v) is 3.81. The third kappa shape index (κ3) is 4.81. The van der Waals surface area contributed by atoms with Gasteiger partial charge in [-0.15, -0.1) is 0 Å². The summed E-state index contributed by atoms with van der Waals surface area (Å²) in [5.41, 5.74) is 3.20. The summed E-state index contributed by atoms with van der Waals surface area (Å²) in [6.45, 7) is 5.16. The highest BCUT2D eigenvalue weighted by atomic mass is 16.5. The lowest BCUT2D eigenvalue weighted by Crippen LogP contribution is -2.14. The lowest BCUT2D eigenvalue weighted by molar-refractivity contribution is 0.304. The van der Waals surface area contributed by atoms with Gasteiger partial charge in [0.1, 0.15) is 5.75 Å². The molecule has 1 saturated carbocycles. The minimum Gasteiger partial charge on any atom is -0.494 e. The topological polar surface area (TPSA) is 35.0 Å². The number of hydrogen-bond donors (Lipinski definition) is 0. The van der Waals surface area contributed by atoms with Gasteiger partial charge in [-0.25, -0.2) is 0 Å². The molecule has 1 aliphatic rings. The molecule has 3 nitrogen and oxygen atoms in total. The Bertz CT molecular complexity index is 628. The summed E-state index contributed by atoms with van der Waals surface area (Å²) >= 11 is 0. The first-order valence-electron chi connectivity index (χ1n) is 9.87. The van der Waals surface area contributed by atoms with Crippen LogP contribution in [0.5, 0.6) is 5.75 Å². The first-order valence-corrected chi connectivity index (χ1v) is 9.87. The van der Waals surface area contributed by atoms with Crippen LogP contribution in [-0.4, -0.2) is 16.8 Å². The molecule has 1 aromatic carbocycles. The monoisotopic (exact) mass is 338 g/mol. The van der Waals surface area contributed by atoms with Gasteiger partial charge >= 0.3 is 0 Å². The van der Waals surface area contributed by atoms with Gasteiger partial charge in [-0.2, -0.15) is 10.2 Å². The van der Waals surface area contributed by atoms with Crippen LogP contribution in [0, 0.1) is 5.92 Å². The Morgan fingerprint density at radius 2 is 1.64 bits per heavy atom. The highest BCUT2D eigenvalue weighted by molar-refractivity contribution is 5.59. The fourth-order valence-electron chi connectivity index (χ4n) is 3.81. The van der Waals surface area contributed by atoms with Crippen LogP contribution in [-0.2, 0) is 0 Å². The fraction of sp³-hybridized carbons (Fsp3) is 0.545. The van der Waals surface area contributed by atoms with Crippen molar-refractivity contribution in [3.8, 4) is 17.0 Å². The highest BCUT2D eigenvalue weighted by Gasteiger charge is 2.23. The molecule has 0 bridgehead atoms. The standard InChI is InChI=1S/C22H30N2O/c1-3-5-17-6-8-18(9-7-17)21-14-15-22(24-23-21)19-10-12-20(13-11-19)25-16-4-2/h10-15,17-18H,3-9,16H2,1-2H3. The van der Waals surface area contributed by atoms with E-state index in [2.05, 4.69) is 48.3 Å². The van der Waals surface area contributed by atoms with E-state index in [1.165, 1.54) is 44.2 Å². The van der Waals surface area contributed by atoms with Crippen molar-refractivity contribution in [2.24, 2.45) is 5.92 Å². The number of hydrogen-bond acceptors (Lipinski definition) is 3. The van der Waals surface area contributed by atoms with E-state index in [0.29, 0.717) is 5.92 Å². The van der Waals surface area contributed by atoms with Gasteiger partial charge in [0.25, 0.3) is 0 Å². The molecule has 1 aliphatic carbocycles. The molecule has 3 heteroatoms. The lowest BCUT2D eigenvalue weighted by Gasteiger charge is -2.27. The van der Waals surface area contributed by atoms with Crippen molar-refractivity contribution in [1.82, 2.24) is 10.2 Å². The molecule has 134 valence electrons. The van der Waals surface area contributed by atoms with E-state index in [9.17, 15) is 0 Å². The molecule has 2 aromatic rings. The van der Waals surface area contributed by atoms with Crippen molar-refractivity contribution >= 4 is 0 Å². The van der Waals surface area contributed by atoms with Crippen LogP contribution in [0.2, 0.25) is 0 Å². The van der Waals surface area contributed by atoms with Crippen LogP contribution >= 0.6 is 0 Å². The molecule has 0 radical (unpaired) electrons. The van der Waals surface area contributed by atoms with E-state index in [1.807, 2.05) is 12.1 Å². The summed E-state index contributed by atoms with van der Waals surface area (Å²) in [5, 5.41) is 9.02. The first kappa shape index (κ1) is 17.9. The van der Waals surface area contributed by atoms with Gasteiger partial charge in [0, 0.05) is 11.5 Å². The minimum absolute atomic E-state index is 0.597. The Balaban J connectivity index is 1.60. The average molecular weight is 338 g/mol. The largest absolute Gasteiger partial charge is 0.494 e. The zero-order chi connectivity index (χ0) is 17.5. The van der Waals surface area contributed by atoms with E-state index < -0.39 is 0 Å². The van der Waals surface area contributed by atoms with Gasteiger partial charge in [0.05, 0.1) is 18.0 Å². The molecule has 0 N–H and O–H groups in total. The van der Waals surface area contributed by atoms with Crippen molar-refractivity contribution < 1.29 is 4.74 Å². The molecular weight excluding hydrogens is 308 g/mol. The van der Waals surface area contributed by atoms with Crippen LogP contribution < -0.4 is 4.74 Å². The van der Waals surface area contributed by atoms with Crippen molar-refractivity contribution in [3.63, 3.8) is 0 Å². The predicted octanol–water partition coefficient (Wildman–Crippen LogP) is 6.01. The molecule has 0 unspecified atom stereocenters. The maximum absolute atomic E-state index is 5.63. The van der Waals surface area contributed by atoms with E-state index >= 15 is 0 Å². The predicted molar refractivity (Wildman–Crippen MR) is 103 cm³/mol. The molecule has 0 amide bonds. The Morgan fingerprint density at radius 1 is 0.880 bits per heavy atom. The molecule has 1 aromatic heterocycles. The van der Waals surface area contributed by atoms with E-state index in [0.717, 1.165) is 36.0 Å². The second-order valence-corrected chi connectivity index (χ2v) is 7.22. The normalized spacial score (nSPS) is 20.4. The lowest BCUT2D eigenvalue weighted by atomic mass is 9.79. The van der Waals surface area contributed by atoms with Crippen LogP contribution in [0.3, 0.4) is 0 Å². The summed E-state index contributed by atoms with van der Waals surface area (Å²) in [7, 11) is 0. The minimum atomic E-state index is 0.597. The zero-order valence-electron chi connectivity index (χ0n) is 15.6. The van der Waals surface area contributed by atoms with Crippen molar-refractivity contribution in [3.05, 3.63) is 42.1 Å². The first-order chi connectivity index (χ1) is 12.3. The van der Waals surface area contributed by atoms with Gasteiger partial charge < -0.3 is 4.74 Å². The van der Waals surface area contributed by atoms with Crippen LogP contribution in [0.1, 0.15) is 70.4 Å². The highest BCUT2D eigenvalue weighted by Crippen LogP contribution is 2.36. The molecule has 0 spiro atoms. The van der Waals surface area contributed by atoms with Crippen molar-refractivity contribution in [2.45, 2.75) is 64.7 Å². The maximum Gasteiger partial charge on any atom is 0.119 e. The quantitative estimate of drug-likeness (QED) is 0.620. The summed E-state index contributed by atoms with van der Waals surface area (Å²) in [6, 6.07) is 12.4. The molecule has 25 heavy (non-hydrogen) atoms. The third-order valence-corrected chi connectivity index (χ3v) is 5.27. The number of benzene rings is 1. The maximum atomic E-state index is 5.63. The number of aromatic nitrogens is 2. The smallest absolute Gasteiger partial charge is 0.119 e. The van der Waals surface area contributed by atoms with E-state index in [-0.39, 0.29) is 0 Å². The third-order valence-electron chi connectivity index (χ3n) is 5.27. The summed E-state index contributed by atoms with van der Waals surface area (Å²) in [4.78, 5) is 0. The Labute approximate surface area is 151 Å². The molecule has 0 saturated heterocycles. The van der Waals surface area contributed by atoms with Gasteiger partial charge in [-0.3, -0.25) is 0 Å². The molecule has 3 rings (SSSR count). The SMILES string of the molecule is CCCOc1ccc(-c2ccc(C3CCC(CCC)CC3)nn2)cc1. The second-order valence-electron chi connectivity index (χ2n) is 7.22. The molecular formula is C22H30N2O. The van der Waals surface area contributed by atoms with E-state index in [1.54, 1.807) is 0 Å². The summed E-state index contributed by atoms with van der Waals surface area (Å²) < 4.78 is 5.63. The number of ether oxygens (including phenoxy) is 1. The molecule has 0 aliphatic heterocycles. The molecule has 1 heterocycles. The van der Waals surface area contributed by atoms with Gasteiger partial charge in [0.15, 0.2) is 0 Å². The second kappa shape index (κ2) is 8.98. The molecule has 1 fully saturated rings. The Kier molecular flexibility index (Phi) is 6.43. The Hall–Kier alpha value is -1.90. The Morgan fingerprint density at radius 3 is 2.24 bits per heavy atom. The van der Waals surface area contributed by atoms with Crippen LogP contribution in [0.25, 0.3) is 11.3 Å². The summed E-state index contributed by atoms with van der Waals surface area (Å²) in [5.74, 6) is 2.44. The van der Waals surface area contributed by atoms with Crippen LogP contribution in [0.15, 0.2) is 36.4 Å². The van der Waals surface area contributed by atoms with Crippen LogP contribution in [0.4, 0.5) is 0 Å². The number of rotatable bonds is 7. The van der Waals surface area contributed by atoms with E-state index in [4.69, 9.17) is 4.74 Å². The number of nitrogens with zero attached hydrogens (tertiary/aromatic N) is 2. The molecule has 0 atom stereocenters. The van der Waals surface area contributed by atoms with Gasteiger partial charge in [-0.05, 0) is 74.4 Å². The van der Waals surface area contributed by atoms with Gasteiger partial charge in [0.2, 0.25) is 0 Å². The zero-order valence-corrected chi connectivity index (χ0v) is 15.6. The average Bonchev–Trinajstić information content (AvgIpc) is 2.68.